The lowest BCUT2D eigenvalue weighted by Gasteiger charge is -2.06. The third-order valence-corrected chi connectivity index (χ3v) is 2.20. The van der Waals surface area contributed by atoms with E-state index in [-0.39, 0.29) is 28.6 Å². The van der Waals surface area contributed by atoms with Crippen molar-refractivity contribution in [2.75, 3.05) is 11.6 Å². The highest BCUT2D eigenvalue weighted by Crippen LogP contribution is 2.24. The zero-order valence-electron chi connectivity index (χ0n) is 7.99. The number of rotatable bonds is 3. The average molecular weight is 229 g/mol. The number of hydrogen-bond donors (Lipinski definition) is 1. The number of nitrogens with zero attached hydrogens (tertiary/aromatic N) is 1. The van der Waals surface area contributed by atoms with Gasteiger partial charge in [0.2, 0.25) is 0 Å². The molecule has 0 aromatic heterocycles. The Hall–Kier alpha value is -1.62. The van der Waals surface area contributed by atoms with Gasteiger partial charge >= 0.3 is 0 Å². The second kappa shape index (κ2) is 4.27. The smallest absolute Gasteiger partial charge is 0.271 e. The van der Waals surface area contributed by atoms with E-state index in [0.717, 1.165) is 6.07 Å². The number of non-ortho nitro benzene ring substituents is 1. The van der Waals surface area contributed by atoms with Gasteiger partial charge in [-0.1, -0.05) is 0 Å². The summed E-state index contributed by atoms with van der Waals surface area (Å²) in [6.45, 7) is 1.59. The molecule has 0 spiro atoms. The van der Waals surface area contributed by atoms with Gasteiger partial charge in [-0.15, -0.1) is 11.6 Å². The number of carbonyl (C=O) groups is 1. The van der Waals surface area contributed by atoms with Gasteiger partial charge in [-0.25, -0.2) is 0 Å². The third-order valence-electron chi connectivity index (χ3n) is 1.96. The van der Waals surface area contributed by atoms with Crippen LogP contribution in [0.25, 0.3) is 0 Å². The molecule has 5 nitrogen and oxygen atoms in total. The lowest BCUT2D eigenvalue weighted by molar-refractivity contribution is -0.384. The minimum Gasteiger partial charge on any atom is -0.398 e. The standard InChI is InChI=1S/C9H9ClN2O3/c1-5-2-6(12(14)15)3-7(11)9(5)8(13)4-10/h2-3H,4,11H2,1H3. The van der Waals surface area contributed by atoms with Crippen LogP contribution >= 0.6 is 11.6 Å². The molecule has 0 radical (unpaired) electrons. The van der Waals surface area contributed by atoms with Crippen LogP contribution in [0.15, 0.2) is 12.1 Å². The minimum absolute atomic E-state index is 0.0901. The van der Waals surface area contributed by atoms with Gasteiger partial charge in [0.15, 0.2) is 5.78 Å². The Labute approximate surface area is 91.0 Å². The van der Waals surface area contributed by atoms with Crippen molar-refractivity contribution in [3.05, 3.63) is 33.4 Å². The first-order valence-corrected chi connectivity index (χ1v) is 4.64. The van der Waals surface area contributed by atoms with E-state index >= 15 is 0 Å². The van der Waals surface area contributed by atoms with Gasteiger partial charge in [0, 0.05) is 23.4 Å². The fraction of sp³-hybridized carbons (Fsp3) is 0.222. The number of Topliss-reactive ketones (excluding diaryl/α,β-unsaturated/α-hetero) is 1. The molecule has 1 aromatic carbocycles. The SMILES string of the molecule is Cc1cc([N+](=O)[O-])cc(N)c1C(=O)CCl. The number of nitrogen functional groups attached to an aromatic ring is 1. The van der Waals surface area contributed by atoms with E-state index in [1.54, 1.807) is 6.92 Å². The number of benzene rings is 1. The van der Waals surface area contributed by atoms with Gasteiger partial charge in [-0.05, 0) is 12.5 Å². The fourth-order valence-electron chi connectivity index (χ4n) is 1.35. The molecule has 0 aliphatic rings. The summed E-state index contributed by atoms with van der Waals surface area (Å²) >= 11 is 5.39. The molecule has 6 heteroatoms. The fourth-order valence-corrected chi connectivity index (χ4v) is 1.48. The van der Waals surface area contributed by atoms with E-state index in [9.17, 15) is 14.9 Å². The molecule has 0 heterocycles. The maximum absolute atomic E-state index is 11.4. The van der Waals surface area contributed by atoms with Crippen molar-refractivity contribution in [2.24, 2.45) is 0 Å². The Morgan fingerprint density at radius 3 is 2.60 bits per heavy atom. The van der Waals surface area contributed by atoms with Crippen molar-refractivity contribution in [3.8, 4) is 0 Å². The number of hydrogen-bond acceptors (Lipinski definition) is 4. The van der Waals surface area contributed by atoms with Crippen LogP contribution in [-0.4, -0.2) is 16.6 Å². The van der Waals surface area contributed by atoms with Crippen LogP contribution in [0.5, 0.6) is 0 Å². The van der Waals surface area contributed by atoms with Gasteiger partial charge in [-0.3, -0.25) is 14.9 Å². The first kappa shape index (κ1) is 11.5. The Bertz CT molecular complexity index is 408. The van der Waals surface area contributed by atoms with Crippen LogP contribution in [0.3, 0.4) is 0 Å². The van der Waals surface area contributed by atoms with Crippen molar-refractivity contribution < 1.29 is 9.72 Å². The summed E-state index contributed by atoms with van der Waals surface area (Å²) in [5, 5.41) is 10.5. The summed E-state index contributed by atoms with van der Waals surface area (Å²) in [6.07, 6.45) is 0. The van der Waals surface area contributed by atoms with Crippen molar-refractivity contribution in [3.63, 3.8) is 0 Å². The largest absolute Gasteiger partial charge is 0.398 e. The number of nitro groups is 1. The second-order valence-electron chi connectivity index (χ2n) is 3.04. The van der Waals surface area contributed by atoms with E-state index < -0.39 is 4.92 Å². The summed E-state index contributed by atoms with van der Waals surface area (Å²) < 4.78 is 0. The van der Waals surface area contributed by atoms with Gasteiger partial charge in [-0.2, -0.15) is 0 Å². The van der Waals surface area contributed by atoms with Crippen LogP contribution in [0.2, 0.25) is 0 Å². The van der Waals surface area contributed by atoms with Gasteiger partial charge in [0.25, 0.3) is 5.69 Å². The Kier molecular flexibility index (Phi) is 3.26. The van der Waals surface area contributed by atoms with E-state index in [2.05, 4.69) is 0 Å². The predicted octanol–water partition coefficient (Wildman–Crippen LogP) is 1.91. The Morgan fingerprint density at radius 2 is 2.20 bits per heavy atom. The molecule has 0 saturated heterocycles. The van der Waals surface area contributed by atoms with Gasteiger partial charge < -0.3 is 5.73 Å². The Balaban J connectivity index is 3.33. The number of nitrogens with two attached hydrogens (primary N) is 1. The monoisotopic (exact) mass is 228 g/mol. The molecular weight excluding hydrogens is 220 g/mol. The van der Waals surface area contributed by atoms with Crippen molar-refractivity contribution in [1.82, 2.24) is 0 Å². The number of carbonyl (C=O) groups excluding carboxylic acids is 1. The summed E-state index contributed by atoms with van der Waals surface area (Å²) in [5.74, 6) is -0.524. The van der Waals surface area contributed by atoms with E-state index in [1.165, 1.54) is 6.07 Å². The molecular formula is C9H9ClN2O3. The first-order chi connectivity index (χ1) is 6.97. The number of anilines is 1. The number of alkyl halides is 1. The second-order valence-corrected chi connectivity index (χ2v) is 3.31. The van der Waals surface area contributed by atoms with Crippen LogP contribution in [-0.2, 0) is 0 Å². The molecule has 1 rings (SSSR count). The molecule has 0 unspecified atom stereocenters. The maximum atomic E-state index is 11.4. The molecule has 0 atom stereocenters. The zero-order valence-corrected chi connectivity index (χ0v) is 8.75. The lowest BCUT2D eigenvalue weighted by Crippen LogP contribution is -2.08. The van der Waals surface area contributed by atoms with Crippen LogP contribution < -0.4 is 5.73 Å². The summed E-state index contributed by atoms with van der Waals surface area (Å²) in [4.78, 5) is 21.3. The van der Waals surface area contributed by atoms with Crippen molar-refractivity contribution in [1.29, 1.82) is 0 Å². The van der Waals surface area contributed by atoms with Crippen LogP contribution in [0.1, 0.15) is 15.9 Å². The van der Waals surface area contributed by atoms with Crippen molar-refractivity contribution >= 4 is 28.8 Å². The molecule has 15 heavy (non-hydrogen) atoms. The molecule has 0 aliphatic carbocycles. The van der Waals surface area contributed by atoms with E-state index in [4.69, 9.17) is 17.3 Å². The molecule has 80 valence electrons. The summed E-state index contributed by atoms with van der Waals surface area (Å²) in [6, 6.07) is 2.46. The molecule has 0 fully saturated rings. The Morgan fingerprint density at radius 1 is 1.60 bits per heavy atom. The quantitative estimate of drug-likeness (QED) is 0.281. The molecule has 0 amide bonds. The highest BCUT2D eigenvalue weighted by atomic mass is 35.5. The first-order valence-electron chi connectivity index (χ1n) is 4.11. The third kappa shape index (κ3) is 2.24. The molecule has 0 bridgehead atoms. The molecule has 2 N–H and O–H groups in total. The summed E-state index contributed by atoms with van der Waals surface area (Å²) in [5.41, 5.74) is 6.24. The van der Waals surface area contributed by atoms with Crippen LogP contribution in [0.4, 0.5) is 11.4 Å². The maximum Gasteiger partial charge on any atom is 0.271 e. The van der Waals surface area contributed by atoms with E-state index in [0.29, 0.717) is 5.56 Å². The predicted molar refractivity (Wildman–Crippen MR) is 57.3 cm³/mol. The average Bonchev–Trinajstić information content (AvgIpc) is 2.16. The molecule has 1 aromatic rings. The molecule has 0 aliphatic heterocycles. The van der Waals surface area contributed by atoms with Crippen LogP contribution in [0, 0.1) is 17.0 Å². The van der Waals surface area contributed by atoms with Crippen molar-refractivity contribution in [2.45, 2.75) is 6.92 Å². The topological polar surface area (TPSA) is 86.2 Å². The number of halogens is 1. The summed E-state index contributed by atoms with van der Waals surface area (Å²) in [7, 11) is 0. The lowest BCUT2D eigenvalue weighted by atomic mass is 10.0. The molecule has 0 saturated carbocycles. The van der Waals surface area contributed by atoms with E-state index in [1.807, 2.05) is 0 Å². The number of ketones is 1. The minimum atomic E-state index is -0.557. The zero-order chi connectivity index (χ0) is 11.6. The normalized spacial score (nSPS) is 10.0. The van der Waals surface area contributed by atoms with Gasteiger partial charge in [0.05, 0.1) is 10.8 Å². The highest BCUT2D eigenvalue weighted by Gasteiger charge is 2.16. The van der Waals surface area contributed by atoms with Gasteiger partial charge in [0.1, 0.15) is 0 Å². The number of aryl methyl sites for hydroxylation is 1. The number of nitro benzene ring substituents is 1. The highest BCUT2D eigenvalue weighted by molar-refractivity contribution is 6.31.